The number of thiophene rings is 1. The van der Waals surface area contributed by atoms with Gasteiger partial charge in [-0.25, -0.2) is 4.98 Å². The highest BCUT2D eigenvalue weighted by Gasteiger charge is 2.27. The molecule has 0 aliphatic carbocycles. The number of benzene rings is 1. The van der Waals surface area contributed by atoms with Gasteiger partial charge in [0, 0.05) is 35.9 Å². The SMILES string of the molecule is CCc1ccc(CNC(=O)[C@H]2CCCN(c3nccc4sccc34)C2)cc1. The number of carbonyl (C=O) groups excluding carboxylic acids is 1. The van der Waals surface area contributed by atoms with Gasteiger partial charge in [-0.2, -0.15) is 0 Å². The molecule has 1 N–H and O–H groups in total. The fourth-order valence-electron chi connectivity index (χ4n) is 3.74. The molecular formula is C22H25N3OS. The second-order valence-electron chi connectivity index (χ2n) is 7.14. The minimum absolute atomic E-state index is 0.0179. The van der Waals surface area contributed by atoms with Crippen molar-refractivity contribution in [3.05, 3.63) is 59.1 Å². The van der Waals surface area contributed by atoms with Gasteiger partial charge in [0.25, 0.3) is 0 Å². The summed E-state index contributed by atoms with van der Waals surface area (Å²) in [4.78, 5) is 19.6. The molecule has 4 rings (SSSR count). The maximum Gasteiger partial charge on any atom is 0.225 e. The predicted molar refractivity (Wildman–Crippen MR) is 112 cm³/mol. The van der Waals surface area contributed by atoms with Crippen LogP contribution < -0.4 is 10.2 Å². The molecule has 0 saturated carbocycles. The third kappa shape index (κ3) is 3.98. The highest BCUT2D eigenvalue weighted by atomic mass is 32.1. The summed E-state index contributed by atoms with van der Waals surface area (Å²) >= 11 is 1.73. The summed E-state index contributed by atoms with van der Waals surface area (Å²) in [6.07, 6.45) is 4.87. The van der Waals surface area contributed by atoms with E-state index >= 15 is 0 Å². The van der Waals surface area contributed by atoms with Crippen LogP contribution in [-0.2, 0) is 17.8 Å². The number of pyridine rings is 1. The average Bonchev–Trinajstić information content (AvgIpc) is 3.21. The molecule has 140 valence electrons. The number of rotatable bonds is 5. The third-order valence-corrected chi connectivity index (χ3v) is 6.23. The molecule has 3 heterocycles. The lowest BCUT2D eigenvalue weighted by Crippen LogP contribution is -2.43. The maximum absolute atomic E-state index is 12.7. The van der Waals surface area contributed by atoms with Crippen LogP contribution in [0, 0.1) is 5.92 Å². The summed E-state index contributed by atoms with van der Waals surface area (Å²) in [6.45, 7) is 4.45. The highest BCUT2D eigenvalue weighted by Crippen LogP contribution is 2.31. The predicted octanol–water partition coefficient (Wildman–Crippen LogP) is 4.39. The van der Waals surface area contributed by atoms with Crippen molar-refractivity contribution in [3.8, 4) is 0 Å². The van der Waals surface area contributed by atoms with Crippen LogP contribution in [-0.4, -0.2) is 24.0 Å². The second-order valence-corrected chi connectivity index (χ2v) is 8.09. The van der Waals surface area contributed by atoms with Gasteiger partial charge in [-0.3, -0.25) is 4.79 Å². The van der Waals surface area contributed by atoms with E-state index in [4.69, 9.17) is 0 Å². The standard InChI is InChI=1S/C22H25N3OS/c1-2-16-5-7-17(8-6-16)14-24-22(26)18-4-3-12-25(15-18)21-19-10-13-27-20(19)9-11-23-21/h5-11,13,18H,2-4,12,14-15H2,1H3,(H,24,26)/t18-/m0/s1. The quantitative estimate of drug-likeness (QED) is 0.715. The van der Waals surface area contributed by atoms with Crippen molar-refractivity contribution in [3.63, 3.8) is 0 Å². The van der Waals surface area contributed by atoms with E-state index in [0.717, 1.165) is 43.7 Å². The molecule has 27 heavy (non-hydrogen) atoms. The molecule has 1 atom stereocenters. The smallest absolute Gasteiger partial charge is 0.225 e. The van der Waals surface area contributed by atoms with Crippen LogP contribution in [0.15, 0.2) is 48.0 Å². The number of hydrogen-bond acceptors (Lipinski definition) is 4. The minimum Gasteiger partial charge on any atom is -0.355 e. The van der Waals surface area contributed by atoms with E-state index in [2.05, 4.69) is 63.9 Å². The summed E-state index contributed by atoms with van der Waals surface area (Å²) in [5.41, 5.74) is 2.47. The Labute approximate surface area is 164 Å². The van der Waals surface area contributed by atoms with Crippen LogP contribution in [0.25, 0.3) is 10.1 Å². The summed E-state index contributed by atoms with van der Waals surface area (Å²) in [7, 11) is 0. The van der Waals surface area contributed by atoms with Crippen LogP contribution in [0.2, 0.25) is 0 Å². The molecule has 5 heteroatoms. The number of anilines is 1. The van der Waals surface area contributed by atoms with Gasteiger partial charge in [0.05, 0.1) is 5.92 Å². The molecule has 2 aromatic heterocycles. The lowest BCUT2D eigenvalue weighted by molar-refractivity contribution is -0.125. The van der Waals surface area contributed by atoms with Crippen molar-refractivity contribution in [2.24, 2.45) is 5.92 Å². The lowest BCUT2D eigenvalue weighted by atomic mass is 9.96. The lowest BCUT2D eigenvalue weighted by Gasteiger charge is -2.33. The van der Waals surface area contributed by atoms with E-state index in [9.17, 15) is 4.79 Å². The van der Waals surface area contributed by atoms with Gasteiger partial charge in [-0.15, -0.1) is 11.3 Å². The van der Waals surface area contributed by atoms with Gasteiger partial charge in [-0.05, 0) is 47.9 Å². The molecule has 1 aromatic carbocycles. The van der Waals surface area contributed by atoms with Crippen LogP contribution in [0.3, 0.4) is 0 Å². The van der Waals surface area contributed by atoms with E-state index < -0.39 is 0 Å². The normalized spacial score (nSPS) is 17.2. The van der Waals surface area contributed by atoms with Crippen LogP contribution >= 0.6 is 11.3 Å². The minimum atomic E-state index is 0.0179. The van der Waals surface area contributed by atoms with Crippen LogP contribution in [0.4, 0.5) is 5.82 Å². The molecule has 1 fully saturated rings. The molecule has 3 aromatic rings. The van der Waals surface area contributed by atoms with Crippen molar-refractivity contribution < 1.29 is 4.79 Å². The van der Waals surface area contributed by atoms with Gasteiger partial charge >= 0.3 is 0 Å². The Morgan fingerprint density at radius 3 is 2.85 bits per heavy atom. The van der Waals surface area contributed by atoms with Gasteiger partial charge in [0.2, 0.25) is 5.91 Å². The Hall–Kier alpha value is -2.40. The Balaban J connectivity index is 1.40. The monoisotopic (exact) mass is 379 g/mol. The number of amides is 1. The molecule has 4 nitrogen and oxygen atoms in total. The highest BCUT2D eigenvalue weighted by molar-refractivity contribution is 7.17. The van der Waals surface area contributed by atoms with Crippen LogP contribution in [0.1, 0.15) is 30.9 Å². The molecule has 1 saturated heterocycles. The van der Waals surface area contributed by atoms with E-state index in [1.54, 1.807) is 11.3 Å². The van der Waals surface area contributed by atoms with E-state index in [-0.39, 0.29) is 11.8 Å². The number of aromatic nitrogens is 1. The zero-order chi connectivity index (χ0) is 18.6. The van der Waals surface area contributed by atoms with Gasteiger partial charge in [-0.1, -0.05) is 31.2 Å². The fraction of sp³-hybridized carbons (Fsp3) is 0.364. The zero-order valence-electron chi connectivity index (χ0n) is 15.6. The second kappa shape index (κ2) is 8.09. The topological polar surface area (TPSA) is 45.2 Å². The number of fused-ring (bicyclic) bond motifs is 1. The fourth-order valence-corrected chi connectivity index (χ4v) is 4.52. The Morgan fingerprint density at radius 2 is 2.04 bits per heavy atom. The number of hydrogen-bond donors (Lipinski definition) is 1. The first-order valence-corrected chi connectivity index (χ1v) is 10.5. The summed E-state index contributed by atoms with van der Waals surface area (Å²) in [5.74, 6) is 1.18. The molecule has 1 amide bonds. The molecule has 0 bridgehead atoms. The Bertz CT molecular complexity index is 919. The Kier molecular flexibility index (Phi) is 5.39. The summed E-state index contributed by atoms with van der Waals surface area (Å²) in [5, 5.41) is 6.43. The number of aryl methyl sites for hydroxylation is 1. The van der Waals surface area contributed by atoms with Gasteiger partial charge in [0.15, 0.2) is 0 Å². The molecule has 0 unspecified atom stereocenters. The van der Waals surface area contributed by atoms with E-state index in [1.165, 1.54) is 15.6 Å². The largest absolute Gasteiger partial charge is 0.355 e. The van der Waals surface area contributed by atoms with Crippen molar-refractivity contribution >= 4 is 33.1 Å². The van der Waals surface area contributed by atoms with E-state index in [1.807, 2.05) is 6.20 Å². The number of piperidine rings is 1. The van der Waals surface area contributed by atoms with Crippen molar-refractivity contribution in [1.29, 1.82) is 0 Å². The van der Waals surface area contributed by atoms with Crippen LogP contribution in [0.5, 0.6) is 0 Å². The number of nitrogens with one attached hydrogen (secondary N) is 1. The first-order chi connectivity index (χ1) is 13.2. The molecule has 1 aliphatic rings. The first-order valence-electron chi connectivity index (χ1n) is 9.67. The van der Waals surface area contributed by atoms with Crippen molar-refractivity contribution in [2.45, 2.75) is 32.7 Å². The molecule has 0 spiro atoms. The van der Waals surface area contributed by atoms with Gasteiger partial charge < -0.3 is 10.2 Å². The molecular weight excluding hydrogens is 354 g/mol. The molecule has 0 radical (unpaired) electrons. The third-order valence-electron chi connectivity index (χ3n) is 5.35. The first kappa shape index (κ1) is 18.0. The number of carbonyl (C=O) groups is 1. The average molecular weight is 380 g/mol. The van der Waals surface area contributed by atoms with Gasteiger partial charge in [0.1, 0.15) is 5.82 Å². The van der Waals surface area contributed by atoms with E-state index in [0.29, 0.717) is 6.54 Å². The zero-order valence-corrected chi connectivity index (χ0v) is 16.5. The number of nitrogens with zero attached hydrogens (tertiary/aromatic N) is 2. The van der Waals surface area contributed by atoms with Crippen molar-refractivity contribution in [2.75, 3.05) is 18.0 Å². The van der Waals surface area contributed by atoms with Crippen molar-refractivity contribution in [1.82, 2.24) is 10.3 Å². The summed E-state index contributed by atoms with van der Waals surface area (Å²) in [6, 6.07) is 12.7. The Morgan fingerprint density at radius 1 is 1.22 bits per heavy atom. The molecule has 1 aliphatic heterocycles. The maximum atomic E-state index is 12.7. The summed E-state index contributed by atoms with van der Waals surface area (Å²) < 4.78 is 1.25.